The van der Waals surface area contributed by atoms with Gasteiger partial charge in [0.2, 0.25) is 0 Å². The van der Waals surface area contributed by atoms with E-state index in [9.17, 15) is 9.59 Å². The molecule has 1 amide bonds. The highest BCUT2D eigenvalue weighted by atomic mass is 16.6. The summed E-state index contributed by atoms with van der Waals surface area (Å²) in [5.74, 6) is -0.199. The normalized spacial score (nSPS) is 23.3. The third-order valence-corrected chi connectivity index (χ3v) is 7.40. The van der Waals surface area contributed by atoms with Gasteiger partial charge in [-0.15, -0.1) is 0 Å². The van der Waals surface area contributed by atoms with Crippen molar-refractivity contribution in [2.45, 2.75) is 43.7 Å². The molecule has 4 aromatic rings. The molecule has 2 saturated heterocycles. The predicted octanol–water partition coefficient (Wildman–Crippen LogP) is 4.35. The molecule has 2 bridgehead atoms. The predicted molar refractivity (Wildman–Crippen MR) is 151 cm³/mol. The number of hydrogen-bond acceptors (Lipinski definition) is 7. The molecule has 2 aliphatic heterocycles. The smallest absolute Gasteiger partial charge is 0.351 e. The van der Waals surface area contributed by atoms with E-state index in [-0.39, 0.29) is 18.3 Å². The van der Waals surface area contributed by atoms with Crippen LogP contribution in [0.15, 0.2) is 108 Å². The SMILES string of the molecule is O=C(Nc1ccn([C@@H]2O[C@@]3(COCc4ccccc4)CCO[C@@H]2[C@@H]3OCc2ccccc2)c(=O)n1)c1ccccc1. The van der Waals surface area contributed by atoms with Gasteiger partial charge in [0.25, 0.3) is 5.91 Å². The first kappa shape index (κ1) is 27.0. The maximum atomic E-state index is 13.2. The van der Waals surface area contributed by atoms with E-state index in [0.717, 1.165) is 11.1 Å². The van der Waals surface area contributed by atoms with Crippen molar-refractivity contribution in [2.24, 2.45) is 0 Å². The summed E-state index contributed by atoms with van der Waals surface area (Å²) in [4.78, 5) is 29.9. The van der Waals surface area contributed by atoms with Gasteiger partial charge in [0.15, 0.2) is 6.23 Å². The molecule has 0 spiro atoms. The fourth-order valence-electron chi connectivity index (χ4n) is 5.34. The van der Waals surface area contributed by atoms with Crippen LogP contribution in [0.1, 0.15) is 34.1 Å². The number of hydrogen-bond donors (Lipinski definition) is 1. The van der Waals surface area contributed by atoms with Gasteiger partial charge in [-0.2, -0.15) is 4.98 Å². The molecule has 4 atom stereocenters. The lowest BCUT2D eigenvalue weighted by Gasteiger charge is -2.38. The minimum Gasteiger partial charge on any atom is -0.374 e. The average Bonchev–Trinajstić information content (AvgIpc) is 3.17. The molecule has 0 saturated carbocycles. The molecular formula is C32H31N3O6. The van der Waals surface area contributed by atoms with Crippen molar-refractivity contribution in [1.82, 2.24) is 9.55 Å². The Hall–Kier alpha value is -4.15. The summed E-state index contributed by atoms with van der Waals surface area (Å²) >= 11 is 0. The number of carbonyl (C=O) groups is 1. The second kappa shape index (κ2) is 12.2. The van der Waals surface area contributed by atoms with Gasteiger partial charge >= 0.3 is 5.69 Å². The molecule has 2 fully saturated rings. The van der Waals surface area contributed by atoms with Crippen LogP contribution in [0.5, 0.6) is 0 Å². The minimum atomic E-state index is -0.823. The van der Waals surface area contributed by atoms with Crippen LogP contribution in [0.3, 0.4) is 0 Å². The van der Waals surface area contributed by atoms with E-state index in [0.29, 0.717) is 31.8 Å². The number of fused-ring (bicyclic) bond motifs is 2. The molecule has 9 heteroatoms. The third-order valence-electron chi connectivity index (χ3n) is 7.40. The molecule has 41 heavy (non-hydrogen) atoms. The summed E-state index contributed by atoms with van der Waals surface area (Å²) in [7, 11) is 0. The van der Waals surface area contributed by atoms with E-state index in [1.807, 2.05) is 66.7 Å². The Bertz CT molecular complexity index is 1510. The fourth-order valence-corrected chi connectivity index (χ4v) is 5.34. The zero-order chi connectivity index (χ0) is 28.1. The first-order valence-corrected chi connectivity index (χ1v) is 13.6. The quantitative estimate of drug-likeness (QED) is 0.312. The Labute approximate surface area is 237 Å². The number of nitrogens with one attached hydrogen (secondary N) is 1. The fraction of sp³-hybridized carbons (Fsp3) is 0.281. The minimum absolute atomic E-state index is 0.153. The summed E-state index contributed by atoms with van der Waals surface area (Å²) in [6.45, 7) is 1.49. The molecule has 0 unspecified atom stereocenters. The van der Waals surface area contributed by atoms with Crippen LogP contribution < -0.4 is 11.0 Å². The Kier molecular flexibility index (Phi) is 8.02. The molecule has 9 nitrogen and oxygen atoms in total. The molecule has 1 N–H and O–H groups in total. The van der Waals surface area contributed by atoms with Crippen molar-refractivity contribution in [2.75, 3.05) is 18.5 Å². The monoisotopic (exact) mass is 553 g/mol. The molecule has 0 aliphatic carbocycles. The Balaban J connectivity index is 1.23. The van der Waals surface area contributed by atoms with E-state index in [1.54, 1.807) is 36.5 Å². The van der Waals surface area contributed by atoms with Gasteiger partial charge in [-0.05, 0) is 29.3 Å². The number of ether oxygens (including phenoxy) is 4. The maximum absolute atomic E-state index is 13.2. The highest BCUT2D eigenvalue weighted by Crippen LogP contribution is 2.46. The van der Waals surface area contributed by atoms with Crippen LogP contribution in [0.2, 0.25) is 0 Å². The highest BCUT2D eigenvalue weighted by Gasteiger charge is 2.60. The zero-order valence-electron chi connectivity index (χ0n) is 22.4. The summed E-state index contributed by atoms with van der Waals surface area (Å²) < 4.78 is 26.8. The molecule has 3 heterocycles. The van der Waals surface area contributed by atoms with E-state index >= 15 is 0 Å². The van der Waals surface area contributed by atoms with Crippen molar-refractivity contribution >= 4 is 11.7 Å². The van der Waals surface area contributed by atoms with Crippen LogP contribution in [-0.4, -0.2) is 46.5 Å². The lowest BCUT2D eigenvalue weighted by Crippen LogP contribution is -2.53. The number of nitrogens with zero attached hydrogens (tertiary/aromatic N) is 2. The van der Waals surface area contributed by atoms with Crippen LogP contribution in [0.4, 0.5) is 5.82 Å². The van der Waals surface area contributed by atoms with Gasteiger partial charge in [0, 0.05) is 18.2 Å². The standard InChI is InChI=1S/C32H31N3O6/c36-29(25-14-8-3-9-15-25)33-26-16-18-35(31(37)34-26)30-27-28(40-21-24-12-6-2-7-13-24)32(41-30,17-19-39-27)22-38-20-23-10-4-1-5-11-23/h1-16,18,27-28,30H,17,19-22H2,(H,33,34,36,37)/t27-,28+,30-,32-/m1/s1. The van der Waals surface area contributed by atoms with Crippen LogP contribution in [0.25, 0.3) is 0 Å². The lowest BCUT2D eigenvalue weighted by atomic mass is 9.90. The summed E-state index contributed by atoms with van der Waals surface area (Å²) in [5, 5.41) is 2.68. The van der Waals surface area contributed by atoms with Gasteiger partial charge in [-0.25, -0.2) is 4.79 Å². The average molecular weight is 554 g/mol. The topological polar surface area (TPSA) is 101 Å². The Morgan fingerprint density at radius 1 is 0.927 bits per heavy atom. The second-order valence-corrected chi connectivity index (χ2v) is 10.2. The van der Waals surface area contributed by atoms with E-state index in [1.165, 1.54) is 4.57 Å². The molecule has 210 valence electrons. The molecular weight excluding hydrogens is 522 g/mol. The van der Waals surface area contributed by atoms with Crippen molar-refractivity contribution < 1.29 is 23.7 Å². The lowest BCUT2D eigenvalue weighted by molar-refractivity contribution is -0.178. The number of anilines is 1. The Morgan fingerprint density at radius 3 is 2.27 bits per heavy atom. The van der Waals surface area contributed by atoms with Crippen LogP contribution >= 0.6 is 0 Å². The van der Waals surface area contributed by atoms with Crippen molar-refractivity contribution in [3.63, 3.8) is 0 Å². The molecule has 1 aromatic heterocycles. The third kappa shape index (κ3) is 5.98. The summed E-state index contributed by atoms with van der Waals surface area (Å²) in [6, 6.07) is 30.1. The number of rotatable bonds is 10. The molecule has 0 radical (unpaired) electrons. The van der Waals surface area contributed by atoms with E-state index in [2.05, 4.69) is 10.3 Å². The molecule has 3 aromatic carbocycles. The first-order valence-electron chi connectivity index (χ1n) is 13.6. The summed E-state index contributed by atoms with van der Waals surface area (Å²) in [6.07, 6.45) is 0.287. The molecule has 2 aliphatic rings. The van der Waals surface area contributed by atoms with Gasteiger partial charge in [0.1, 0.15) is 23.6 Å². The van der Waals surface area contributed by atoms with Crippen molar-refractivity contribution in [1.29, 1.82) is 0 Å². The highest BCUT2D eigenvalue weighted by molar-refractivity contribution is 6.03. The van der Waals surface area contributed by atoms with Crippen LogP contribution in [0, 0.1) is 0 Å². The first-order chi connectivity index (χ1) is 20.1. The number of benzene rings is 3. The molecule has 6 rings (SSSR count). The van der Waals surface area contributed by atoms with Gasteiger partial charge in [0.05, 0.1) is 26.4 Å². The van der Waals surface area contributed by atoms with Gasteiger partial charge in [-0.1, -0.05) is 78.9 Å². The number of carbonyl (C=O) groups excluding carboxylic acids is 1. The van der Waals surface area contributed by atoms with Crippen molar-refractivity contribution in [3.05, 3.63) is 130 Å². The summed E-state index contributed by atoms with van der Waals surface area (Å²) in [5.41, 5.74) is 1.15. The second-order valence-electron chi connectivity index (χ2n) is 10.2. The van der Waals surface area contributed by atoms with Crippen molar-refractivity contribution in [3.8, 4) is 0 Å². The van der Waals surface area contributed by atoms with Gasteiger partial charge in [-0.3, -0.25) is 9.36 Å². The van der Waals surface area contributed by atoms with Gasteiger partial charge < -0.3 is 24.3 Å². The van der Waals surface area contributed by atoms with Crippen LogP contribution in [-0.2, 0) is 32.2 Å². The zero-order valence-corrected chi connectivity index (χ0v) is 22.4. The maximum Gasteiger partial charge on any atom is 0.351 e. The van der Waals surface area contributed by atoms with E-state index in [4.69, 9.17) is 18.9 Å². The number of amides is 1. The van der Waals surface area contributed by atoms with E-state index < -0.39 is 29.7 Å². The number of aromatic nitrogens is 2. The Morgan fingerprint density at radius 2 is 1.59 bits per heavy atom. The largest absolute Gasteiger partial charge is 0.374 e.